The number of imidazole rings is 1. The largest absolute Gasteiger partial charge is 0.481 e. The van der Waals surface area contributed by atoms with Gasteiger partial charge in [-0.3, -0.25) is 9.47 Å². The Morgan fingerprint density at radius 3 is 2.90 bits per heavy atom. The molecule has 2 aromatic heterocycles. The Hall–Kier alpha value is -1.82. The molecule has 4 rings (SSSR count). The zero-order chi connectivity index (χ0) is 14.4. The summed E-state index contributed by atoms with van der Waals surface area (Å²) in [5.41, 5.74) is 7.90. The fourth-order valence-electron chi connectivity index (χ4n) is 3.94. The van der Waals surface area contributed by atoms with Gasteiger partial charge in [-0.25, -0.2) is 4.98 Å². The van der Waals surface area contributed by atoms with Crippen LogP contribution in [0, 0.1) is 0 Å². The van der Waals surface area contributed by atoms with Gasteiger partial charge in [0.05, 0.1) is 13.2 Å². The Bertz CT molecular complexity index is 667. The average molecular weight is 287 g/mol. The lowest BCUT2D eigenvalue weighted by molar-refractivity contribution is 0.175. The van der Waals surface area contributed by atoms with Gasteiger partial charge in [0.2, 0.25) is 11.8 Å². The molecule has 6 nitrogen and oxygen atoms in total. The molecule has 0 bridgehead atoms. The summed E-state index contributed by atoms with van der Waals surface area (Å²) in [5, 5.41) is 0. The van der Waals surface area contributed by atoms with Crippen LogP contribution in [0.4, 0.5) is 5.95 Å². The minimum absolute atomic E-state index is 0.384. The van der Waals surface area contributed by atoms with E-state index in [1.54, 1.807) is 7.11 Å². The molecule has 2 aromatic rings. The van der Waals surface area contributed by atoms with Crippen molar-refractivity contribution < 1.29 is 4.74 Å². The summed E-state index contributed by atoms with van der Waals surface area (Å²) in [7, 11) is 1.64. The third kappa shape index (κ3) is 1.97. The molecule has 2 saturated heterocycles. The van der Waals surface area contributed by atoms with Crippen LogP contribution in [0.5, 0.6) is 5.88 Å². The zero-order valence-electron chi connectivity index (χ0n) is 12.3. The highest BCUT2D eigenvalue weighted by Crippen LogP contribution is 2.38. The molecular formula is C15H21N5O. The van der Waals surface area contributed by atoms with E-state index in [0.717, 1.165) is 24.1 Å². The lowest BCUT2D eigenvalue weighted by Gasteiger charge is -2.33. The number of fused-ring (bicyclic) bond motifs is 2. The van der Waals surface area contributed by atoms with Gasteiger partial charge in [0, 0.05) is 18.7 Å². The smallest absolute Gasteiger partial charge is 0.215 e. The molecule has 0 saturated carbocycles. The molecular weight excluding hydrogens is 266 g/mol. The van der Waals surface area contributed by atoms with Crippen LogP contribution >= 0.6 is 0 Å². The van der Waals surface area contributed by atoms with Crippen LogP contribution in [-0.2, 0) is 0 Å². The quantitative estimate of drug-likeness (QED) is 0.912. The van der Waals surface area contributed by atoms with Gasteiger partial charge in [-0.15, -0.1) is 0 Å². The third-order valence-electron chi connectivity index (χ3n) is 4.90. The Balaban J connectivity index is 1.80. The average Bonchev–Trinajstić information content (AvgIpc) is 3.06. The first-order chi connectivity index (χ1) is 10.3. The molecule has 4 heterocycles. The molecule has 2 fully saturated rings. The fraction of sp³-hybridized carbons (Fsp3) is 0.600. The Kier molecular flexibility index (Phi) is 2.99. The zero-order valence-corrected chi connectivity index (χ0v) is 12.3. The van der Waals surface area contributed by atoms with Crippen LogP contribution in [-0.4, -0.2) is 45.7 Å². The molecule has 0 aliphatic carbocycles. The maximum Gasteiger partial charge on any atom is 0.215 e. The second-order valence-corrected chi connectivity index (χ2v) is 5.99. The van der Waals surface area contributed by atoms with Gasteiger partial charge < -0.3 is 10.5 Å². The van der Waals surface area contributed by atoms with E-state index >= 15 is 0 Å². The standard InChI is InChI=1S/C15H21N5O/c1-21-13-6-5-10-14(18-13)20(15(16)17-10)12-7-9-19-8-3-2-4-11(12)19/h5-6,11-12H,2-4,7-9H2,1H3,(H2,16,17). The topological polar surface area (TPSA) is 69.2 Å². The third-order valence-corrected chi connectivity index (χ3v) is 4.90. The number of piperidine rings is 1. The van der Waals surface area contributed by atoms with Gasteiger partial charge in [-0.1, -0.05) is 6.42 Å². The van der Waals surface area contributed by atoms with E-state index in [0.29, 0.717) is 23.9 Å². The maximum atomic E-state index is 6.20. The molecule has 2 N–H and O–H groups in total. The van der Waals surface area contributed by atoms with Crippen molar-refractivity contribution in [3.63, 3.8) is 0 Å². The van der Waals surface area contributed by atoms with E-state index in [1.807, 2.05) is 12.1 Å². The van der Waals surface area contributed by atoms with Crippen molar-refractivity contribution >= 4 is 17.1 Å². The van der Waals surface area contributed by atoms with Gasteiger partial charge in [0.15, 0.2) is 5.65 Å². The highest BCUT2D eigenvalue weighted by molar-refractivity contribution is 5.75. The van der Waals surface area contributed by atoms with Gasteiger partial charge in [-0.05, 0) is 31.9 Å². The number of aromatic nitrogens is 3. The Morgan fingerprint density at radius 2 is 2.05 bits per heavy atom. The van der Waals surface area contributed by atoms with E-state index in [4.69, 9.17) is 10.5 Å². The summed E-state index contributed by atoms with van der Waals surface area (Å²) in [5.74, 6) is 1.19. The minimum atomic E-state index is 0.384. The summed E-state index contributed by atoms with van der Waals surface area (Å²) in [6.07, 6.45) is 4.99. The normalized spacial score (nSPS) is 26.1. The number of nitrogens with zero attached hydrogens (tertiary/aromatic N) is 4. The molecule has 2 aliphatic heterocycles. The first kappa shape index (κ1) is 12.9. The first-order valence-corrected chi connectivity index (χ1v) is 7.70. The Labute approximate surface area is 123 Å². The van der Waals surface area contributed by atoms with Crippen molar-refractivity contribution in [3.05, 3.63) is 12.1 Å². The second kappa shape index (κ2) is 4.87. The molecule has 0 amide bonds. The monoisotopic (exact) mass is 287 g/mol. The van der Waals surface area contributed by atoms with Crippen LogP contribution in [0.2, 0.25) is 0 Å². The number of ether oxygens (including phenoxy) is 1. The number of nitrogens with two attached hydrogens (primary N) is 1. The summed E-state index contributed by atoms with van der Waals surface area (Å²) >= 11 is 0. The predicted octanol–water partition coefficient (Wildman–Crippen LogP) is 1.82. The number of pyridine rings is 1. The summed E-state index contributed by atoms with van der Waals surface area (Å²) < 4.78 is 7.39. The highest BCUT2D eigenvalue weighted by atomic mass is 16.5. The molecule has 21 heavy (non-hydrogen) atoms. The van der Waals surface area contributed by atoms with Gasteiger partial charge in [-0.2, -0.15) is 4.98 Å². The predicted molar refractivity (Wildman–Crippen MR) is 81.4 cm³/mol. The SMILES string of the molecule is COc1ccc2nc(N)n(C3CCN4CCCCC34)c2n1. The van der Waals surface area contributed by atoms with E-state index in [9.17, 15) is 0 Å². The number of nitrogen functional groups attached to an aromatic ring is 1. The number of hydrogen-bond acceptors (Lipinski definition) is 5. The van der Waals surface area contributed by atoms with E-state index in [1.165, 1.54) is 25.8 Å². The number of rotatable bonds is 2. The van der Waals surface area contributed by atoms with Crippen molar-refractivity contribution in [2.75, 3.05) is 25.9 Å². The number of hydrogen-bond donors (Lipinski definition) is 1. The highest BCUT2D eigenvalue weighted by Gasteiger charge is 2.38. The first-order valence-electron chi connectivity index (χ1n) is 7.70. The molecule has 112 valence electrons. The van der Waals surface area contributed by atoms with Crippen LogP contribution in [0.15, 0.2) is 12.1 Å². The molecule has 2 aliphatic rings. The van der Waals surface area contributed by atoms with Crippen molar-refractivity contribution in [1.29, 1.82) is 0 Å². The molecule has 0 aromatic carbocycles. The van der Waals surface area contributed by atoms with Gasteiger partial charge >= 0.3 is 0 Å². The van der Waals surface area contributed by atoms with Gasteiger partial charge in [0.25, 0.3) is 0 Å². The lowest BCUT2D eigenvalue weighted by atomic mass is 9.99. The molecule has 6 heteroatoms. The van der Waals surface area contributed by atoms with Crippen molar-refractivity contribution in [3.8, 4) is 5.88 Å². The van der Waals surface area contributed by atoms with E-state index in [2.05, 4.69) is 19.4 Å². The number of anilines is 1. The number of methoxy groups -OCH3 is 1. The van der Waals surface area contributed by atoms with E-state index in [-0.39, 0.29) is 0 Å². The summed E-state index contributed by atoms with van der Waals surface area (Å²) in [4.78, 5) is 11.6. The van der Waals surface area contributed by atoms with Crippen molar-refractivity contribution in [1.82, 2.24) is 19.4 Å². The molecule has 0 radical (unpaired) electrons. The van der Waals surface area contributed by atoms with Crippen LogP contribution in [0.25, 0.3) is 11.2 Å². The minimum Gasteiger partial charge on any atom is -0.481 e. The van der Waals surface area contributed by atoms with Crippen molar-refractivity contribution in [2.45, 2.75) is 37.8 Å². The van der Waals surface area contributed by atoms with Crippen LogP contribution in [0.3, 0.4) is 0 Å². The molecule has 0 spiro atoms. The van der Waals surface area contributed by atoms with E-state index < -0.39 is 0 Å². The maximum absolute atomic E-state index is 6.20. The summed E-state index contributed by atoms with van der Waals surface area (Å²) in [6, 6.07) is 4.73. The van der Waals surface area contributed by atoms with Gasteiger partial charge in [0.1, 0.15) is 5.52 Å². The van der Waals surface area contributed by atoms with Crippen molar-refractivity contribution in [2.24, 2.45) is 0 Å². The van der Waals surface area contributed by atoms with Crippen LogP contribution in [0.1, 0.15) is 31.7 Å². The van der Waals surface area contributed by atoms with Crippen LogP contribution < -0.4 is 10.5 Å². The fourth-order valence-corrected chi connectivity index (χ4v) is 3.94. The molecule has 2 unspecified atom stereocenters. The molecule has 2 atom stereocenters. The summed E-state index contributed by atoms with van der Waals surface area (Å²) in [6.45, 7) is 2.36. The Morgan fingerprint density at radius 1 is 1.14 bits per heavy atom. The second-order valence-electron chi connectivity index (χ2n) is 5.99. The lowest BCUT2D eigenvalue weighted by Crippen LogP contribution is -2.38.